The number of carbonyl (C=O) groups excluding carboxylic acids is 1. The molecule has 17 heavy (non-hydrogen) atoms. The Bertz CT molecular complexity index is 375. The van der Waals surface area contributed by atoms with E-state index in [9.17, 15) is 4.79 Å². The summed E-state index contributed by atoms with van der Waals surface area (Å²) in [5.74, 6) is 2.85. The standard InChI is InChI=1S/C12H16N2OS2/c1-2-17-10-5-3-9(4-6-10)14-12(15)11-7-16-8-13-11/h3-6,11,13H,2,7-8H2,1H3,(H,14,15). The van der Waals surface area contributed by atoms with Crippen molar-refractivity contribution in [2.24, 2.45) is 0 Å². The van der Waals surface area contributed by atoms with E-state index in [4.69, 9.17) is 0 Å². The van der Waals surface area contributed by atoms with E-state index in [2.05, 4.69) is 17.6 Å². The summed E-state index contributed by atoms with van der Waals surface area (Å²) in [6.07, 6.45) is 0. The van der Waals surface area contributed by atoms with Gasteiger partial charge in [0, 0.05) is 22.2 Å². The van der Waals surface area contributed by atoms with Gasteiger partial charge in [-0.25, -0.2) is 0 Å². The summed E-state index contributed by atoms with van der Waals surface area (Å²) < 4.78 is 0. The van der Waals surface area contributed by atoms with Crippen molar-refractivity contribution in [2.45, 2.75) is 17.9 Å². The Morgan fingerprint density at radius 1 is 1.53 bits per heavy atom. The topological polar surface area (TPSA) is 41.1 Å². The first-order valence-electron chi connectivity index (χ1n) is 5.64. The molecule has 2 N–H and O–H groups in total. The molecule has 1 heterocycles. The van der Waals surface area contributed by atoms with Gasteiger partial charge in [0.15, 0.2) is 0 Å². The van der Waals surface area contributed by atoms with E-state index in [1.165, 1.54) is 4.90 Å². The van der Waals surface area contributed by atoms with Gasteiger partial charge in [-0.15, -0.1) is 23.5 Å². The molecule has 3 nitrogen and oxygen atoms in total. The van der Waals surface area contributed by atoms with Crippen LogP contribution in [0, 0.1) is 0 Å². The van der Waals surface area contributed by atoms with Crippen LogP contribution in [0.25, 0.3) is 0 Å². The zero-order chi connectivity index (χ0) is 12.1. The Morgan fingerprint density at radius 3 is 2.88 bits per heavy atom. The first-order valence-corrected chi connectivity index (χ1v) is 7.78. The summed E-state index contributed by atoms with van der Waals surface area (Å²) in [6.45, 7) is 2.13. The lowest BCUT2D eigenvalue weighted by atomic mass is 10.2. The third-order valence-corrected chi connectivity index (χ3v) is 4.30. The zero-order valence-electron chi connectivity index (χ0n) is 9.73. The van der Waals surface area contributed by atoms with Crippen LogP contribution in [-0.4, -0.2) is 29.3 Å². The molecule has 1 aliphatic heterocycles. The lowest BCUT2D eigenvalue weighted by Crippen LogP contribution is -2.37. The third-order valence-electron chi connectivity index (χ3n) is 2.47. The second kappa shape index (κ2) is 6.33. The zero-order valence-corrected chi connectivity index (χ0v) is 11.4. The highest BCUT2D eigenvalue weighted by atomic mass is 32.2. The van der Waals surface area contributed by atoms with Gasteiger partial charge in [0.2, 0.25) is 5.91 Å². The lowest BCUT2D eigenvalue weighted by Gasteiger charge is -2.10. The van der Waals surface area contributed by atoms with Crippen molar-refractivity contribution in [1.29, 1.82) is 0 Å². The minimum Gasteiger partial charge on any atom is -0.325 e. The van der Waals surface area contributed by atoms with Gasteiger partial charge in [-0.3, -0.25) is 10.1 Å². The molecule has 2 rings (SSSR count). The highest BCUT2D eigenvalue weighted by Gasteiger charge is 2.22. The monoisotopic (exact) mass is 268 g/mol. The fraction of sp³-hybridized carbons (Fsp3) is 0.417. The number of thioether (sulfide) groups is 2. The van der Waals surface area contributed by atoms with E-state index in [0.29, 0.717) is 0 Å². The molecule has 0 saturated carbocycles. The van der Waals surface area contributed by atoms with Crippen molar-refractivity contribution in [3.63, 3.8) is 0 Å². The van der Waals surface area contributed by atoms with Crippen LogP contribution in [0.3, 0.4) is 0 Å². The average molecular weight is 268 g/mol. The van der Waals surface area contributed by atoms with Crippen molar-refractivity contribution in [1.82, 2.24) is 5.32 Å². The molecule has 0 bridgehead atoms. The van der Waals surface area contributed by atoms with Crippen molar-refractivity contribution in [3.8, 4) is 0 Å². The molecule has 1 amide bonds. The summed E-state index contributed by atoms with van der Waals surface area (Å²) >= 11 is 3.55. The first-order chi connectivity index (χ1) is 8.29. The van der Waals surface area contributed by atoms with Crippen LogP contribution < -0.4 is 10.6 Å². The molecule has 92 valence electrons. The Hall–Kier alpha value is -0.650. The predicted molar refractivity (Wildman–Crippen MR) is 75.7 cm³/mol. The largest absolute Gasteiger partial charge is 0.325 e. The van der Waals surface area contributed by atoms with Gasteiger partial charge in [0.05, 0.1) is 6.04 Å². The number of benzene rings is 1. The van der Waals surface area contributed by atoms with Gasteiger partial charge in [-0.2, -0.15) is 0 Å². The van der Waals surface area contributed by atoms with Crippen LogP contribution in [0.2, 0.25) is 0 Å². The Kier molecular flexibility index (Phi) is 4.76. The number of rotatable bonds is 4. The van der Waals surface area contributed by atoms with Crippen molar-refractivity contribution < 1.29 is 4.79 Å². The van der Waals surface area contributed by atoms with Gasteiger partial charge < -0.3 is 5.32 Å². The van der Waals surface area contributed by atoms with Crippen LogP contribution in [0.4, 0.5) is 5.69 Å². The second-order valence-electron chi connectivity index (χ2n) is 3.72. The fourth-order valence-electron chi connectivity index (χ4n) is 1.59. The molecular formula is C12H16N2OS2. The smallest absolute Gasteiger partial charge is 0.242 e. The van der Waals surface area contributed by atoms with Gasteiger partial charge in [-0.1, -0.05) is 6.92 Å². The number of hydrogen-bond acceptors (Lipinski definition) is 4. The van der Waals surface area contributed by atoms with E-state index in [1.807, 2.05) is 24.3 Å². The van der Waals surface area contributed by atoms with Gasteiger partial charge in [0.25, 0.3) is 0 Å². The molecule has 1 fully saturated rings. The minimum atomic E-state index is -0.0512. The molecule has 0 spiro atoms. The Balaban J connectivity index is 1.91. The molecule has 0 aliphatic carbocycles. The molecule has 1 atom stereocenters. The molecule has 1 aromatic carbocycles. The van der Waals surface area contributed by atoms with Gasteiger partial charge in [0.1, 0.15) is 0 Å². The first kappa shape index (κ1) is 12.8. The van der Waals surface area contributed by atoms with Crippen LogP contribution >= 0.6 is 23.5 Å². The third kappa shape index (κ3) is 3.66. The maximum Gasteiger partial charge on any atom is 0.242 e. The van der Waals surface area contributed by atoms with E-state index < -0.39 is 0 Å². The van der Waals surface area contributed by atoms with Gasteiger partial charge >= 0.3 is 0 Å². The summed E-state index contributed by atoms with van der Waals surface area (Å²) in [5, 5.41) is 6.08. The van der Waals surface area contributed by atoms with Crippen molar-refractivity contribution >= 4 is 35.1 Å². The highest BCUT2D eigenvalue weighted by molar-refractivity contribution is 7.99. The minimum absolute atomic E-state index is 0.0512. The quantitative estimate of drug-likeness (QED) is 0.823. The highest BCUT2D eigenvalue weighted by Crippen LogP contribution is 2.20. The molecule has 5 heteroatoms. The van der Waals surface area contributed by atoms with E-state index in [-0.39, 0.29) is 11.9 Å². The number of carbonyl (C=O) groups is 1. The van der Waals surface area contributed by atoms with Gasteiger partial charge in [-0.05, 0) is 30.0 Å². The summed E-state index contributed by atoms with van der Waals surface area (Å²) in [4.78, 5) is 13.1. The number of amides is 1. The van der Waals surface area contributed by atoms with Crippen LogP contribution in [-0.2, 0) is 4.79 Å². The van der Waals surface area contributed by atoms with E-state index >= 15 is 0 Å². The summed E-state index contributed by atoms with van der Waals surface area (Å²) in [6, 6.07) is 7.95. The molecule has 1 saturated heterocycles. The fourth-order valence-corrected chi connectivity index (χ4v) is 3.20. The number of hydrogen-bond donors (Lipinski definition) is 2. The van der Waals surface area contributed by atoms with Crippen LogP contribution in [0.5, 0.6) is 0 Å². The SMILES string of the molecule is CCSc1ccc(NC(=O)C2CSCN2)cc1. The second-order valence-corrected chi connectivity index (χ2v) is 6.09. The average Bonchev–Trinajstić information content (AvgIpc) is 2.86. The molecule has 0 aromatic heterocycles. The van der Waals surface area contributed by atoms with Crippen molar-refractivity contribution in [2.75, 3.05) is 22.7 Å². The Labute approximate surface area is 110 Å². The molecule has 1 unspecified atom stereocenters. The molecular weight excluding hydrogens is 252 g/mol. The molecule has 1 aromatic rings. The Morgan fingerprint density at radius 2 is 2.29 bits per heavy atom. The summed E-state index contributed by atoms with van der Waals surface area (Å²) in [7, 11) is 0. The van der Waals surface area contributed by atoms with E-state index in [1.54, 1.807) is 23.5 Å². The normalized spacial score (nSPS) is 19.2. The maximum atomic E-state index is 11.8. The molecule has 1 aliphatic rings. The lowest BCUT2D eigenvalue weighted by molar-refractivity contribution is -0.117. The number of anilines is 1. The summed E-state index contributed by atoms with van der Waals surface area (Å²) in [5.41, 5.74) is 0.870. The van der Waals surface area contributed by atoms with Crippen molar-refractivity contribution in [3.05, 3.63) is 24.3 Å². The van der Waals surface area contributed by atoms with Crippen LogP contribution in [0.1, 0.15) is 6.92 Å². The maximum absolute atomic E-state index is 11.8. The predicted octanol–water partition coefficient (Wildman–Crippen LogP) is 2.40. The molecule has 0 radical (unpaired) electrons. The van der Waals surface area contributed by atoms with Crippen LogP contribution in [0.15, 0.2) is 29.2 Å². The van der Waals surface area contributed by atoms with E-state index in [0.717, 1.165) is 23.1 Å². The number of nitrogens with one attached hydrogen (secondary N) is 2.